The molecule has 0 saturated heterocycles. The average Bonchev–Trinajstić information content (AvgIpc) is 2.35. The van der Waals surface area contributed by atoms with Gasteiger partial charge in [0.25, 0.3) is 0 Å². The molecule has 1 aromatic rings. The molecular formula is C12H19NO4S. The second-order valence-corrected chi connectivity index (χ2v) is 5.36. The Morgan fingerprint density at radius 3 is 2.28 bits per heavy atom. The van der Waals surface area contributed by atoms with Gasteiger partial charge < -0.3 is 19.9 Å². The minimum Gasteiger partial charge on any atom is -0.502 e. The molecule has 0 bridgehead atoms. The third-order valence-corrected chi connectivity index (χ3v) is 3.21. The molecule has 1 aromatic carbocycles. The quantitative estimate of drug-likeness (QED) is 0.722. The Bertz CT molecular complexity index is 398. The third kappa shape index (κ3) is 4.19. The van der Waals surface area contributed by atoms with Crippen LogP contribution in [-0.2, 0) is 17.3 Å². The standard InChI is InChI=1S/C12H19NO4S/c1-16-10-6-9(7-11(17-2)12(10)14)8-13-4-5-18(3)15/h6-7,13-14H,4-5,8H2,1-3H3. The van der Waals surface area contributed by atoms with Crippen molar-refractivity contribution in [3.8, 4) is 17.2 Å². The maximum atomic E-state index is 10.9. The number of hydrogen-bond acceptors (Lipinski definition) is 5. The number of hydrogen-bond donors (Lipinski definition) is 2. The topological polar surface area (TPSA) is 67.8 Å². The molecule has 0 saturated carbocycles. The molecule has 1 rings (SSSR count). The van der Waals surface area contributed by atoms with Crippen LogP contribution in [0.15, 0.2) is 12.1 Å². The minimum atomic E-state index is -0.791. The highest BCUT2D eigenvalue weighted by Gasteiger charge is 2.10. The summed E-state index contributed by atoms with van der Waals surface area (Å²) >= 11 is 0. The average molecular weight is 273 g/mol. The Morgan fingerprint density at radius 2 is 1.83 bits per heavy atom. The predicted molar refractivity (Wildman–Crippen MR) is 71.9 cm³/mol. The fourth-order valence-electron chi connectivity index (χ4n) is 1.50. The van der Waals surface area contributed by atoms with Gasteiger partial charge in [-0.15, -0.1) is 0 Å². The molecule has 2 N–H and O–H groups in total. The number of nitrogens with one attached hydrogen (secondary N) is 1. The molecule has 1 unspecified atom stereocenters. The van der Waals surface area contributed by atoms with E-state index in [0.29, 0.717) is 30.3 Å². The first-order valence-electron chi connectivity index (χ1n) is 5.53. The van der Waals surface area contributed by atoms with E-state index in [0.717, 1.165) is 5.56 Å². The van der Waals surface area contributed by atoms with Crippen LogP contribution in [0, 0.1) is 0 Å². The normalized spacial score (nSPS) is 12.2. The van der Waals surface area contributed by atoms with Crippen molar-refractivity contribution in [3.63, 3.8) is 0 Å². The van der Waals surface area contributed by atoms with E-state index < -0.39 is 10.8 Å². The first-order chi connectivity index (χ1) is 8.58. The number of phenols is 1. The molecule has 1 atom stereocenters. The van der Waals surface area contributed by atoms with Gasteiger partial charge in [0.2, 0.25) is 5.75 Å². The fourth-order valence-corrected chi connectivity index (χ4v) is 1.93. The molecule has 0 heterocycles. The molecule has 102 valence electrons. The molecule has 18 heavy (non-hydrogen) atoms. The van der Waals surface area contributed by atoms with E-state index in [2.05, 4.69) is 5.32 Å². The maximum absolute atomic E-state index is 10.9. The lowest BCUT2D eigenvalue weighted by atomic mass is 10.2. The van der Waals surface area contributed by atoms with E-state index in [9.17, 15) is 9.32 Å². The largest absolute Gasteiger partial charge is 0.502 e. The first-order valence-corrected chi connectivity index (χ1v) is 7.25. The Labute approximate surface area is 110 Å². The van der Waals surface area contributed by atoms with Crippen LogP contribution in [0.1, 0.15) is 5.56 Å². The molecule has 0 aliphatic carbocycles. The van der Waals surface area contributed by atoms with Gasteiger partial charge in [-0.2, -0.15) is 0 Å². The van der Waals surface area contributed by atoms with Crippen molar-refractivity contribution in [1.82, 2.24) is 5.32 Å². The third-order valence-electron chi connectivity index (χ3n) is 2.44. The van der Waals surface area contributed by atoms with Gasteiger partial charge in [-0.3, -0.25) is 4.21 Å². The van der Waals surface area contributed by atoms with Gasteiger partial charge in [0.1, 0.15) is 0 Å². The van der Waals surface area contributed by atoms with Gasteiger partial charge in [0, 0.05) is 35.9 Å². The summed E-state index contributed by atoms with van der Waals surface area (Å²) < 4.78 is 21.0. The van der Waals surface area contributed by atoms with Crippen molar-refractivity contribution in [2.24, 2.45) is 0 Å². The Hall–Kier alpha value is -1.27. The van der Waals surface area contributed by atoms with Gasteiger partial charge >= 0.3 is 0 Å². The molecule has 0 aliphatic heterocycles. The highest BCUT2D eigenvalue weighted by atomic mass is 32.2. The van der Waals surface area contributed by atoms with Crippen LogP contribution in [0.5, 0.6) is 17.2 Å². The van der Waals surface area contributed by atoms with Gasteiger partial charge in [0.15, 0.2) is 11.5 Å². The summed E-state index contributed by atoms with van der Waals surface area (Å²) in [5, 5.41) is 12.9. The molecule has 0 fully saturated rings. The predicted octanol–water partition coefficient (Wildman–Crippen LogP) is 0.877. The van der Waals surface area contributed by atoms with Crippen LogP contribution < -0.4 is 14.8 Å². The lowest BCUT2D eigenvalue weighted by molar-refractivity contribution is 0.339. The zero-order valence-corrected chi connectivity index (χ0v) is 11.7. The second-order valence-electron chi connectivity index (χ2n) is 3.80. The molecule has 6 heteroatoms. The van der Waals surface area contributed by atoms with Gasteiger partial charge in [0.05, 0.1) is 14.2 Å². The first kappa shape index (κ1) is 14.8. The monoisotopic (exact) mass is 273 g/mol. The molecule has 0 amide bonds. The summed E-state index contributed by atoms with van der Waals surface area (Å²) in [4.78, 5) is 0. The summed E-state index contributed by atoms with van der Waals surface area (Å²) in [6.07, 6.45) is 1.67. The van der Waals surface area contributed by atoms with Crippen LogP contribution in [0.4, 0.5) is 0 Å². The summed E-state index contributed by atoms with van der Waals surface area (Å²) in [5.74, 6) is 1.38. The molecule has 0 aliphatic rings. The lowest BCUT2D eigenvalue weighted by Gasteiger charge is -2.11. The molecule has 5 nitrogen and oxygen atoms in total. The number of rotatable bonds is 7. The number of benzene rings is 1. The highest BCUT2D eigenvalue weighted by Crippen LogP contribution is 2.36. The Morgan fingerprint density at radius 1 is 1.28 bits per heavy atom. The Kier molecular flexibility index (Phi) is 5.94. The molecule has 0 spiro atoms. The molecule has 0 radical (unpaired) electrons. The van der Waals surface area contributed by atoms with Crippen molar-refractivity contribution in [2.45, 2.75) is 6.54 Å². The van der Waals surface area contributed by atoms with E-state index in [-0.39, 0.29) is 5.75 Å². The zero-order chi connectivity index (χ0) is 13.5. The number of phenolic OH excluding ortho intramolecular Hbond substituents is 1. The van der Waals surface area contributed by atoms with Crippen molar-refractivity contribution in [3.05, 3.63) is 17.7 Å². The van der Waals surface area contributed by atoms with Crippen LogP contribution in [-0.4, -0.2) is 42.1 Å². The van der Waals surface area contributed by atoms with Gasteiger partial charge in [-0.25, -0.2) is 0 Å². The number of methoxy groups -OCH3 is 2. The van der Waals surface area contributed by atoms with E-state index in [1.807, 2.05) is 0 Å². The minimum absolute atomic E-state index is 0.00147. The maximum Gasteiger partial charge on any atom is 0.200 e. The number of ether oxygens (including phenoxy) is 2. The fraction of sp³-hybridized carbons (Fsp3) is 0.500. The zero-order valence-electron chi connectivity index (χ0n) is 10.9. The van der Waals surface area contributed by atoms with Crippen LogP contribution in [0.3, 0.4) is 0 Å². The van der Waals surface area contributed by atoms with E-state index in [1.165, 1.54) is 14.2 Å². The summed E-state index contributed by atoms with van der Waals surface area (Å²) in [7, 11) is 2.19. The summed E-state index contributed by atoms with van der Waals surface area (Å²) in [6, 6.07) is 3.49. The van der Waals surface area contributed by atoms with Gasteiger partial charge in [-0.05, 0) is 17.7 Å². The van der Waals surface area contributed by atoms with Crippen molar-refractivity contribution in [2.75, 3.05) is 32.8 Å². The van der Waals surface area contributed by atoms with Crippen LogP contribution in [0.2, 0.25) is 0 Å². The molecule has 0 aromatic heterocycles. The highest BCUT2D eigenvalue weighted by molar-refractivity contribution is 7.84. The SMILES string of the molecule is COc1cc(CNCCS(C)=O)cc(OC)c1O. The van der Waals surface area contributed by atoms with E-state index >= 15 is 0 Å². The van der Waals surface area contributed by atoms with Crippen molar-refractivity contribution in [1.29, 1.82) is 0 Å². The lowest BCUT2D eigenvalue weighted by Crippen LogP contribution is -2.19. The number of aromatic hydroxyl groups is 1. The van der Waals surface area contributed by atoms with Crippen LogP contribution in [0.25, 0.3) is 0 Å². The second kappa shape index (κ2) is 7.23. The van der Waals surface area contributed by atoms with E-state index in [4.69, 9.17) is 9.47 Å². The summed E-state index contributed by atoms with van der Waals surface area (Å²) in [5.41, 5.74) is 0.934. The van der Waals surface area contributed by atoms with Crippen molar-refractivity contribution >= 4 is 10.8 Å². The van der Waals surface area contributed by atoms with Crippen LogP contribution >= 0.6 is 0 Å². The smallest absolute Gasteiger partial charge is 0.200 e. The Balaban J connectivity index is 2.68. The van der Waals surface area contributed by atoms with Gasteiger partial charge in [-0.1, -0.05) is 0 Å². The molecular weight excluding hydrogens is 254 g/mol. The van der Waals surface area contributed by atoms with E-state index in [1.54, 1.807) is 18.4 Å². The van der Waals surface area contributed by atoms with Crippen molar-refractivity contribution < 1.29 is 18.8 Å². The summed E-state index contributed by atoms with van der Waals surface area (Å²) in [6.45, 7) is 1.28.